The number of aromatic nitrogens is 1. The number of likely N-dealkylation sites (N-methyl/N-ethyl adjacent to an activating group) is 1. The quantitative estimate of drug-likeness (QED) is 0.773. The van der Waals surface area contributed by atoms with Crippen LogP contribution in [0.3, 0.4) is 0 Å². The van der Waals surface area contributed by atoms with Crippen LogP contribution in [0.15, 0.2) is 5.38 Å². The van der Waals surface area contributed by atoms with Gasteiger partial charge in [-0.15, -0.1) is 11.3 Å². The summed E-state index contributed by atoms with van der Waals surface area (Å²) in [6, 6.07) is -0.346. The van der Waals surface area contributed by atoms with Crippen LogP contribution in [0.5, 0.6) is 0 Å². The van der Waals surface area contributed by atoms with Crippen molar-refractivity contribution in [3.63, 3.8) is 0 Å². The first-order valence-electron chi connectivity index (χ1n) is 6.59. The molecule has 112 valence electrons. The maximum Gasteiger partial charge on any atom is 0.311 e. The first-order valence-corrected chi connectivity index (χ1v) is 7.47. The molecule has 1 aromatic heterocycles. The van der Waals surface area contributed by atoms with Gasteiger partial charge in [0.25, 0.3) is 0 Å². The second kappa shape index (κ2) is 7.84. The minimum absolute atomic E-state index is 0.00893. The molecule has 0 spiro atoms. The zero-order chi connectivity index (χ0) is 15.1. The minimum Gasteiger partial charge on any atom is -0.466 e. The van der Waals surface area contributed by atoms with E-state index in [1.807, 2.05) is 6.92 Å². The lowest BCUT2D eigenvalue weighted by atomic mass is 10.3. The van der Waals surface area contributed by atoms with Crippen molar-refractivity contribution < 1.29 is 14.3 Å². The summed E-state index contributed by atoms with van der Waals surface area (Å²) >= 11 is 1.37. The Bertz CT molecular complexity index is 461. The van der Waals surface area contributed by atoms with Crippen molar-refractivity contribution in [1.82, 2.24) is 9.88 Å². The summed E-state index contributed by atoms with van der Waals surface area (Å²) in [5.74, 6) is -0.283. The Balaban J connectivity index is 2.55. The number of hydrogen-bond acceptors (Lipinski definition) is 6. The highest BCUT2D eigenvalue weighted by Crippen LogP contribution is 2.17. The number of esters is 1. The Morgan fingerprint density at radius 3 is 2.80 bits per heavy atom. The Labute approximate surface area is 123 Å². The molecule has 1 atom stereocenters. The van der Waals surface area contributed by atoms with Crippen molar-refractivity contribution >= 4 is 28.3 Å². The molecule has 0 bridgehead atoms. The highest BCUT2D eigenvalue weighted by Gasteiger charge is 2.17. The van der Waals surface area contributed by atoms with Crippen molar-refractivity contribution in [2.75, 3.05) is 25.5 Å². The summed E-state index contributed by atoms with van der Waals surface area (Å²) in [6.45, 7) is 6.51. The molecule has 20 heavy (non-hydrogen) atoms. The molecular weight excluding hydrogens is 278 g/mol. The van der Waals surface area contributed by atoms with Crippen LogP contribution in [0.2, 0.25) is 0 Å². The Morgan fingerprint density at radius 2 is 2.20 bits per heavy atom. The van der Waals surface area contributed by atoms with Crippen LogP contribution in [0.1, 0.15) is 26.5 Å². The number of nitrogens with one attached hydrogen (secondary N) is 1. The second-order valence-corrected chi connectivity index (χ2v) is 5.20. The van der Waals surface area contributed by atoms with E-state index in [9.17, 15) is 9.59 Å². The van der Waals surface area contributed by atoms with Gasteiger partial charge in [-0.1, -0.05) is 0 Å². The zero-order valence-corrected chi connectivity index (χ0v) is 13.1. The molecule has 0 aliphatic heterocycles. The van der Waals surface area contributed by atoms with Gasteiger partial charge >= 0.3 is 5.97 Å². The van der Waals surface area contributed by atoms with E-state index in [2.05, 4.69) is 10.3 Å². The lowest BCUT2D eigenvalue weighted by molar-refractivity contribution is -0.142. The van der Waals surface area contributed by atoms with Gasteiger partial charge in [-0.2, -0.15) is 0 Å². The second-order valence-electron chi connectivity index (χ2n) is 4.34. The van der Waals surface area contributed by atoms with E-state index in [1.165, 1.54) is 11.3 Å². The summed E-state index contributed by atoms with van der Waals surface area (Å²) < 4.78 is 4.86. The van der Waals surface area contributed by atoms with Gasteiger partial charge in [0.05, 0.1) is 18.7 Å². The highest BCUT2D eigenvalue weighted by molar-refractivity contribution is 7.13. The molecule has 6 nitrogen and oxygen atoms in total. The van der Waals surface area contributed by atoms with E-state index in [0.717, 1.165) is 0 Å². The van der Waals surface area contributed by atoms with E-state index < -0.39 is 0 Å². The normalized spacial score (nSPS) is 11.8. The van der Waals surface area contributed by atoms with Crippen molar-refractivity contribution in [3.05, 3.63) is 11.1 Å². The predicted octanol–water partition coefficient (Wildman–Crippen LogP) is 1.53. The fourth-order valence-electron chi connectivity index (χ4n) is 1.55. The van der Waals surface area contributed by atoms with E-state index >= 15 is 0 Å². The van der Waals surface area contributed by atoms with Gasteiger partial charge in [-0.3, -0.25) is 9.59 Å². The van der Waals surface area contributed by atoms with Crippen LogP contribution in [-0.2, 0) is 20.7 Å². The fraction of sp³-hybridized carbons (Fsp3) is 0.615. The van der Waals surface area contributed by atoms with Crippen LogP contribution in [-0.4, -0.2) is 48.0 Å². The number of nitrogens with zero attached hydrogens (tertiary/aromatic N) is 2. The topological polar surface area (TPSA) is 71.5 Å². The third-order valence-corrected chi connectivity index (χ3v) is 3.57. The molecule has 0 aliphatic carbocycles. The molecule has 1 rings (SSSR count). The molecule has 0 fully saturated rings. The summed E-state index contributed by atoms with van der Waals surface area (Å²) in [5.41, 5.74) is 0.652. The maximum absolute atomic E-state index is 11.9. The Hall–Kier alpha value is -1.63. The Morgan fingerprint density at radius 1 is 1.50 bits per heavy atom. The standard InChI is InChI=1S/C13H21N3O3S/c1-5-16(4)12(18)9(3)14-13-15-10(8-20-13)7-11(17)19-6-2/h8-9H,5-7H2,1-4H3,(H,14,15). The summed E-state index contributed by atoms with van der Waals surface area (Å²) in [6.07, 6.45) is 0.156. The van der Waals surface area contributed by atoms with Crippen molar-refractivity contribution in [1.29, 1.82) is 0 Å². The van der Waals surface area contributed by atoms with Crippen LogP contribution in [0.4, 0.5) is 5.13 Å². The molecule has 0 radical (unpaired) electrons. The molecule has 0 aliphatic rings. The number of anilines is 1. The Kier molecular flexibility index (Phi) is 6.44. The average Bonchev–Trinajstić information content (AvgIpc) is 2.84. The average molecular weight is 299 g/mol. The molecule has 1 heterocycles. The lowest BCUT2D eigenvalue weighted by Gasteiger charge is -2.20. The van der Waals surface area contributed by atoms with E-state index in [0.29, 0.717) is 24.0 Å². The number of hydrogen-bond donors (Lipinski definition) is 1. The predicted molar refractivity (Wildman–Crippen MR) is 78.8 cm³/mol. The molecule has 0 saturated heterocycles. The number of rotatable bonds is 7. The number of amides is 1. The maximum atomic E-state index is 11.9. The highest BCUT2D eigenvalue weighted by atomic mass is 32.1. The SMILES string of the molecule is CCOC(=O)Cc1csc(NC(C)C(=O)N(C)CC)n1. The van der Waals surface area contributed by atoms with Crippen LogP contribution >= 0.6 is 11.3 Å². The summed E-state index contributed by atoms with van der Waals surface area (Å²) in [4.78, 5) is 29.2. The molecule has 0 saturated carbocycles. The number of ether oxygens (including phenoxy) is 1. The largest absolute Gasteiger partial charge is 0.466 e. The molecular formula is C13H21N3O3S. The van der Waals surface area contributed by atoms with E-state index in [4.69, 9.17) is 4.74 Å². The fourth-order valence-corrected chi connectivity index (χ4v) is 2.35. The van der Waals surface area contributed by atoms with Crippen LogP contribution in [0, 0.1) is 0 Å². The van der Waals surface area contributed by atoms with Crippen LogP contribution < -0.4 is 5.32 Å². The number of thiazole rings is 1. The van der Waals surface area contributed by atoms with Gasteiger partial charge in [-0.05, 0) is 20.8 Å². The minimum atomic E-state index is -0.346. The lowest BCUT2D eigenvalue weighted by Crippen LogP contribution is -2.38. The molecule has 1 amide bonds. The molecule has 1 N–H and O–H groups in total. The van der Waals surface area contributed by atoms with Crippen molar-refractivity contribution in [3.8, 4) is 0 Å². The number of carbonyl (C=O) groups excluding carboxylic acids is 2. The van der Waals surface area contributed by atoms with Crippen molar-refractivity contribution in [2.24, 2.45) is 0 Å². The monoisotopic (exact) mass is 299 g/mol. The van der Waals surface area contributed by atoms with Crippen molar-refractivity contribution in [2.45, 2.75) is 33.2 Å². The van der Waals surface area contributed by atoms with Gasteiger partial charge in [0.1, 0.15) is 6.04 Å². The third-order valence-electron chi connectivity index (χ3n) is 2.74. The van der Waals surface area contributed by atoms with Crippen LogP contribution in [0.25, 0.3) is 0 Å². The summed E-state index contributed by atoms with van der Waals surface area (Å²) in [7, 11) is 1.76. The van der Waals surface area contributed by atoms with Gasteiger partial charge in [0, 0.05) is 19.0 Å². The first kappa shape index (κ1) is 16.4. The number of carbonyl (C=O) groups is 2. The zero-order valence-electron chi connectivity index (χ0n) is 12.3. The van der Waals surface area contributed by atoms with E-state index in [1.54, 1.807) is 31.2 Å². The third kappa shape index (κ3) is 4.80. The molecule has 0 aromatic carbocycles. The molecule has 1 aromatic rings. The van der Waals surface area contributed by atoms with Gasteiger partial charge in [-0.25, -0.2) is 4.98 Å². The molecule has 7 heteroatoms. The van der Waals surface area contributed by atoms with Gasteiger partial charge < -0.3 is 15.0 Å². The van der Waals surface area contributed by atoms with Gasteiger partial charge in [0.2, 0.25) is 5.91 Å². The molecule has 1 unspecified atom stereocenters. The van der Waals surface area contributed by atoms with E-state index in [-0.39, 0.29) is 24.3 Å². The van der Waals surface area contributed by atoms with Gasteiger partial charge in [0.15, 0.2) is 5.13 Å². The summed E-state index contributed by atoms with van der Waals surface area (Å²) in [5, 5.41) is 5.47. The smallest absolute Gasteiger partial charge is 0.311 e. The first-order chi connectivity index (χ1) is 9.47.